The van der Waals surface area contributed by atoms with E-state index in [1.807, 2.05) is 27.2 Å². The maximum Gasteiger partial charge on any atom is 0.472 e. The summed E-state index contributed by atoms with van der Waals surface area (Å²) < 4.78 is 23.6. The number of hydrogen-bond acceptors (Lipinski definition) is 5. The van der Waals surface area contributed by atoms with E-state index in [0.717, 1.165) is 64.2 Å². The Hall–Kier alpha value is -2.06. The van der Waals surface area contributed by atoms with Gasteiger partial charge in [-0.05, 0) is 70.6 Å². The first-order valence-electron chi connectivity index (χ1n) is 27.8. The molecular weight excluding hydrogens is 852 g/mol. The van der Waals surface area contributed by atoms with Crippen LogP contribution >= 0.6 is 7.82 Å². The van der Waals surface area contributed by atoms with E-state index in [0.29, 0.717) is 17.4 Å². The summed E-state index contributed by atoms with van der Waals surface area (Å²) in [6.45, 7) is 4.68. The van der Waals surface area contributed by atoms with Crippen molar-refractivity contribution in [2.24, 2.45) is 0 Å². The van der Waals surface area contributed by atoms with Crippen molar-refractivity contribution < 1.29 is 32.9 Å². The van der Waals surface area contributed by atoms with Gasteiger partial charge in [-0.2, -0.15) is 0 Å². The number of nitrogens with zero attached hydrogens (tertiary/aromatic N) is 1. The monoisotopic (exact) mass is 960 g/mol. The second-order valence-corrected chi connectivity index (χ2v) is 21.4. The molecule has 0 aliphatic carbocycles. The number of aliphatic hydroxyl groups is 1. The number of likely N-dealkylation sites (N-methyl/N-ethyl adjacent to an activating group) is 1. The fraction of sp³-hybridized carbons (Fsp3) is 0.776. The summed E-state index contributed by atoms with van der Waals surface area (Å²) in [6, 6.07) is -0.864. The van der Waals surface area contributed by atoms with Gasteiger partial charge in [0.05, 0.1) is 39.9 Å². The second kappa shape index (κ2) is 48.9. The molecule has 390 valence electrons. The molecule has 0 saturated heterocycles. The van der Waals surface area contributed by atoms with Gasteiger partial charge in [-0.25, -0.2) is 4.57 Å². The second-order valence-electron chi connectivity index (χ2n) is 19.9. The van der Waals surface area contributed by atoms with Gasteiger partial charge in [0.1, 0.15) is 13.2 Å². The molecule has 0 aliphatic heterocycles. The van der Waals surface area contributed by atoms with E-state index >= 15 is 0 Å². The lowest BCUT2D eigenvalue weighted by Gasteiger charge is -2.25. The minimum Gasteiger partial charge on any atom is -0.387 e. The third kappa shape index (κ3) is 51.6. The van der Waals surface area contributed by atoms with Crippen LogP contribution < -0.4 is 5.32 Å². The number of phosphoric acid groups is 1. The van der Waals surface area contributed by atoms with E-state index in [1.165, 1.54) is 154 Å². The van der Waals surface area contributed by atoms with Gasteiger partial charge in [-0.3, -0.25) is 13.8 Å². The summed E-state index contributed by atoms with van der Waals surface area (Å²) in [5, 5.41) is 13.9. The Labute approximate surface area is 414 Å². The van der Waals surface area contributed by atoms with Crippen LogP contribution in [0.5, 0.6) is 0 Å². The van der Waals surface area contributed by atoms with Crippen molar-refractivity contribution in [2.45, 2.75) is 251 Å². The number of carbonyl (C=O) groups excluding carboxylic acids is 1. The van der Waals surface area contributed by atoms with Crippen LogP contribution in [-0.2, 0) is 18.4 Å². The van der Waals surface area contributed by atoms with Crippen LogP contribution in [0.4, 0.5) is 0 Å². The van der Waals surface area contributed by atoms with Crippen LogP contribution in [0.1, 0.15) is 239 Å². The summed E-state index contributed by atoms with van der Waals surface area (Å²) in [5.74, 6) is -0.187. The standard InChI is InChI=1S/C58H107N2O6P/c1-6-8-10-12-14-16-18-20-22-23-24-25-26-27-28-29-30-31-32-33-34-35-36-37-38-40-42-44-46-48-50-52-58(62)59-56(55-66-67(63,64)65-54-53-60(3,4)5)57(61)51-49-47-45-43-41-39-21-19-17-15-13-11-9-7-2/h8,10,14,16,20,22,24-25,41,43,49,51,56-57,61H,6-7,9,11-13,15,17-19,21,23,26-40,42,44-48,50,52-55H2,1-5H3,(H-,59,62,63,64)/p+1/b10-8-,16-14-,22-20-,25-24-,43-41+,51-49+. The third-order valence-corrected chi connectivity index (χ3v) is 13.1. The molecule has 0 radical (unpaired) electrons. The minimum atomic E-state index is -4.35. The topological polar surface area (TPSA) is 105 Å². The molecule has 0 spiro atoms. The van der Waals surface area contributed by atoms with Crippen molar-refractivity contribution in [3.8, 4) is 0 Å². The molecule has 0 saturated carbocycles. The molecule has 67 heavy (non-hydrogen) atoms. The number of rotatable bonds is 50. The lowest BCUT2D eigenvalue weighted by atomic mass is 10.0. The maximum absolute atomic E-state index is 12.9. The first kappa shape index (κ1) is 64.9. The molecule has 3 N–H and O–H groups in total. The molecule has 3 unspecified atom stereocenters. The first-order chi connectivity index (χ1) is 32.5. The summed E-state index contributed by atoms with van der Waals surface area (Å²) in [5.41, 5.74) is 0. The molecule has 0 aromatic carbocycles. The molecule has 0 aliphatic rings. The van der Waals surface area contributed by atoms with Crippen molar-refractivity contribution in [3.63, 3.8) is 0 Å². The largest absolute Gasteiger partial charge is 0.472 e. The Morgan fingerprint density at radius 1 is 0.522 bits per heavy atom. The number of quaternary nitrogens is 1. The zero-order valence-corrected chi connectivity index (χ0v) is 45.3. The van der Waals surface area contributed by atoms with E-state index in [1.54, 1.807) is 6.08 Å². The van der Waals surface area contributed by atoms with Gasteiger partial charge in [-0.15, -0.1) is 0 Å². The fourth-order valence-electron chi connectivity index (χ4n) is 7.81. The highest BCUT2D eigenvalue weighted by Gasteiger charge is 2.27. The highest BCUT2D eigenvalue weighted by atomic mass is 31.2. The van der Waals surface area contributed by atoms with Crippen molar-refractivity contribution in [3.05, 3.63) is 72.9 Å². The van der Waals surface area contributed by atoms with Crippen molar-refractivity contribution in [1.29, 1.82) is 0 Å². The molecule has 0 fully saturated rings. The summed E-state index contributed by atoms with van der Waals surface area (Å²) in [6.07, 6.45) is 67.2. The van der Waals surface area contributed by atoms with Gasteiger partial charge in [0.2, 0.25) is 5.91 Å². The average molecular weight is 960 g/mol. The van der Waals surface area contributed by atoms with Gasteiger partial charge in [-0.1, -0.05) is 234 Å². The number of phosphoric ester groups is 1. The normalized spacial score (nSPS) is 14.6. The third-order valence-electron chi connectivity index (χ3n) is 12.2. The maximum atomic E-state index is 12.9. The molecule has 0 rings (SSSR count). The fourth-order valence-corrected chi connectivity index (χ4v) is 8.55. The summed E-state index contributed by atoms with van der Waals surface area (Å²) in [4.78, 5) is 23.2. The van der Waals surface area contributed by atoms with Crippen molar-refractivity contribution >= 4 is 13.7 Å². The van der Waals surface area contributed by atoms with Crippen molar-refractivity contribution in [2.75, 3.05) is 40.9 Å². The van der Waals surface area contributed by atoms with E-state index in [2.05, 4.69) is 79.9 Å². The number of allylic oxidation sites excluding steroid dienone is 11. The number of nitrogens with one attached hydrogen (secondary N) is 1. The lowest BCUT2D eigenvalue weighted by molar-refractivity contribution is -0.870. The molecule has 3 atom stereocenters. The predicted molar refractivity (Wildman–Crippen MR) is 290 cm³/mol. The molecule has 0 bridgehead atoms. The van der Waals surface area contributed by atoms with Gasteiger partial charge < -0.3 is 19.8 Å². The van der Waals surface area contributed by atoms with Crippen LogP contribution in [0, 0.1) is 0 Å². The van der Waals surface area contributed by atoms with Crippen LogP contribution in [0.15, 0.2) is 72.9 Å². The summed E-state index contributed by atoms with van der Waals surface area (Å²) in [7, 11) is 1.55. The number of unbranched alkanes of at least 4 members (excludes halogenated alkanes) is 27. The molecule has 9 heteroatoms. The number of amides is 1. The summed E-state index contributed by atoms with van der Waals surface area (Å²) >= 11 is 0. The van der Waals surface area contributed by atoms with Gasteiger partial charge in [0.15, 0.2) is 0 Å². The Morgan fingerprint density at radius 2 is 0.910 bits per heavy atom. The molecule has 1 amide bonds. The highest BCUT2D eigenvalue weighted by molar-refractivity contribution is 7.47. The van der Waals surface area contributed by atoms with Gasteiger partial charge >= 0.3 is 7.82 Å². The highest BCUT2D eigenvalue weighted by Crippen LogP contribution is 2.43. The molecule has 0 aromatic rings. The van der Waals surface area contributed by atoms with Crippen LogP contribution in [0.2, 0.25) is 0 Å². The lowest BCUT2D eigenvalue weighted by Crippen LogP contribution is -2.45. The van der Waals surface area contributed by atoms with Crippen LogP contribution in [0.3, 0.4) is 0 Å². The predicted octanol–water partition coefficient (Wildman–Crippen LogP) is 16.7. The van der Waals surface area contributed by atoms with Crippen molar-refractivity contribution in [1.82, 2.24) is 5.32 Å². The van der Waals surface area contributed by atoms with E-state index < -0.39 is 20.0 Å². The zero-order valence-electron chi connectivity index (χ0n) is 44.4. The Bertz CT molecular complexity index is 1320. The Kier molecular flexibility index (Phi) is 47.4. The minimum absolute atomic E-state index is 0.0550. The number of aliphatic hydroxyl groups excluding tert-OH is 1. The van der Waals surface area contributed by atoms with Gasteiger partial charge in [0, 0.05) is 6.42 Å². The number of hydrogen-bond donors (Lipinski definition) is 3. The SMILES string of the molecule is CC/C=C\C/C=C\C/C=C\C/C=C\CCCCCCCCCCCCCCCCCCCCC(=O)NC(COP(=O)(O)OCC[N+](C)(C)C)C(O)/C=C/CC/C=C/CCCCCCCCCC. The average Bonchev–Trinajstić information content (AvgIpc) is 3.29. The van der Waals surface area contributed by atoms with Gasteiger partial charge in [0.25, 0.3) is 0 Å². The quantitative estimate of drug-likeness (QED) is 0.0243. The molecule has 0 aromatic heterocycles. The van der Waals surface area contributed by atoms with Crippen LogP contribution in [0.25, 0.3) is 0 Å². The molecular formula is C58H108N2O6P+. The number of carbonyl (C=O) groups is 1. The molecule has 8 nitrogen and oxygen atoms in total. The smallest absolute Gasteiger partial charge is 0.387 e. The Morgan fingerprint density at radius 3 is 1.37 bits per heavy atom. The Balaban J connectivity index is 4.11. The van der Waals surface area contributed by atoms with E-state index in [-0.39, 0.29) is 19.1 Å². The zero-order chi connectivity index (χ0) is 49.2. The van der Waals surface area contributed by atoms with E-state index in [4.69, 9.17) is 9.05 Å². The van der Waals surface area contributed by atoms with Crippen LogP contribution in [-0.4, -0.2) is 73.4 Å². The molecule has 0 heterocycles. The first-order valence-corrected chi connectivity index (χ1v) is 29.3. The van der Waals surface area contributed by atoms with E-state index in [9.17, 15) is 19.4 Å².